The molecule has 2 rings (SSSR count). The SMILES string of the molecule is C[C@@H]1[C@H](C(=O)O)CCCN1S(=O)(=O)CC1CC(F)(F)C1. The molecule has 0 aromatic carbocycles. The first-order chi connectivity index (χ1) is 9.12. The molecule has 0 aromatic heterocycles. The van der Waals surface area contributed by atoms with Crippen LogP contribution in [0.2, 0.25) is 0 Å². The van der Waals surface area contributed by atoms with Crippen molar-refractivity contribution in [3.63, 3.8) is 0 Å². The summed E-state index contributed by atoms with van der Waals surface area (Å²) in [6, 6.07) is -0.619. The lowest BCUT2D eigenvalue weighted by Crippen LogP contribution is -2.51. The number of nitrogens with zero attached hydrogens (tertiary/aromatic N) is 1. The van der Waals surface area contributed by atoms with E-state index in [1.807, 2.05) is 0 Å². The molecule has 0 spiro atoms. The average molecular weight is 311 g/mol. The first kappa shape index (κ1) is 15.6. The van der Waals surface area contributed by atoms with Crippen LogP contribution >= 0.6 is 0 Å². The van der Waals surface area contributed by atoms with Crippen molar-refractivity contribution in [1.29, 1.82) is 0 Å². The molecular formula is C12H19F2NO4S. The molecule has 2 fully saturated rings. The Morgan fingerprint density at radius 3 is 2.50 bits per heavy atom. The van der Waals surface area contributed by atoms with Gasteiger partial charge in [0.15, 0.2) is 0 Å². The van der Waals surface area contributed by atoms with E-state index in [1.54, 1.807) is 6.92 Å². The molecule has 0 aromatic rings. The molecule has 5 nitrogen and oxygen atoms in total. The summed E-state index contributed by atoms with van der Waals surface area (Å²) in [4.78, 5) is 11.1. The van der Waals surface area contributed by atoms with Gasteiger partial charge in [0.25, 0.3) is 0 Å². The number of hydrogen-bond acceptors (Lipinski definition) is 3. The Morgan fingerprint density at radius 2 is 2.00 bits per heavy atom. The van der Waals surface area contributed by atoms with Crippen LogP contribution in [0.1, 0.15) is 32.6 Å². The zero-order valence-corrected chi connectivity index (χ0v) is 12.1. The molecule has 1 N–H and O–H groups in total. The smallest absolute Gasteiger partial charge is 0.308 e. The highest BCUT2D eigenvalue weighted by Gasteiger charge is 2.48. The van der Waals surface area contributed by atoms with E-state index < -0.39 is 52.6 Å². The highest BCUT2D eigenvalue weighted by atomic mass is 32.2. The Hall–Kier alpha value is -0.760. The van der Waals surface area contributed by atoms with E-state index in [9.17, 15) is 22.0 Å². The van der Waals surface area contributed by atoms with E-state index >= 15 is 0 Å². The Bertz CT molecular complexity index is 486. The van der Waals surface area contributed by atoms with E-state index in [1.165, 1.54) is 4.31 Å². The number of carbonyl (C=O) groups is 1. The maximum absolute atomic E-state index is 12.8. The van der Waals surface area contributed by atoms with Gasteiger partial charge < -0.3 is 5.11 Å². The summed E-state index contributed by atoms with van der Waals surface area (Å²) in [5, 5.41) is 9.08. The highest BCUT2D eigenvalue weighted by molar-refractivity contribution is 7.89. The molecule has 0 amide bonds. The Kier molecular flexibility index (Phi) is 4.07. The van der Waals surface area contributed by atoms with Gasteiger partial charge in [0.05, 0.1) is 11.7 Å². The third-order valence-electron chi connectivity index (χ3n) is 4.23. The van der Waals surface area contributed by atoms with Gasteiger partial charge in [-0.25, -0.2) is 17.2 Å². The minimum Gasteiger partial charge on any atom is -0.481 e. The quantitative estimate of drug-likeness (QED) is 0.855. The van der Waals surface area contributed by atoms with Crippen LogP contribution in [0.25, 0.3) is 0 Å². The maximum atomic E-state index is 12.8. The second-order valence-corrected chi connectivity index (χ2v) is 7.81. The minimum atomic E-state index is -3.67. The first-order valence-corrected chi connectivity index (χ1v) is 8.33. The number of piperidine rings is 1. The van der Waals surface area contributed by atoms with Crippen LogP contribution < -0.4 is 0 Å². The molecule has 1 aliphatic heterocycles. The van der Waals surface area contributed by atoms with Crippen molar-refractivity contribution >= 4 is 16.0 Å². The lowest BCUT2D eigenvalue weighted by Gasteiger charge is -2.39. The molecule has 116 valence electrons. The molecule has 2 aliphatic rings. The van der Waals surface area contributed by atoms with Gasteiger partial charge in [0.2, 0.25) is 15.9 Å². The van der Waals surface area contributed by atoms with Gasteiger partial charge >= 0.3 is 5.97 Å². The largest absolute Gasteiger partial charge is 0.481 e. The van der Waals surface area contributed by atoms with Crippen LogP contribution in [0.4, 0.5) is 8.78 Å². The fraction of sp³-hybridized carbons (Fsp3) is 0.917. The summed E-state index contributed by atoms with van der Waals surface area (Å²) < 4.78 is 51.2. The Morgan fingerprint density at radius 1 is 1.40 bits per heavy atom. The normalized spacial score (nSPS) is 31.8. The average Bonchev–Trinajstić information content (AvgIpc) is 2.25. The summed E-state index contributed by atoms with van der Waals surface area (Å²) in [5.74, 6) is -5.29. The third-order valence-corrected chi connectivity index (χ3v) is 6.35. The topological polar surface area (TPSA) is 74.7 Å². The van der Waals surface area contributed by atoms with Crippen LogP contribution in [-0.2, 0) is 14.8 Å². The number of sulfonamides is 1. The van der Waals surface area contributed by atoms with Gasteiger partial charge in [-0.3, -0.25) is 4.79 Å². The van der Waals surface area contributed by atoms with E-state index in [0.29, 0.717) is 12.8 Å². The number of hydrogen-bond donors (Lipinski definition) is 1. The van der Waals surface area contributed by atoms with Gasteiger partial charge in [-0.05, 0) is 25.7 Å². The minimum absolute atomic E-state index is 0.274. The van der Waals surface area contributed by atoms with Crippen molar-refractivity contribution < 1.29 is 27.1 Å². The van der Waals surface area contributed by atoms with Crippen molar-refractivity contribution in [3.8, 4) is 0 Å². The number of alkyl halides is 2. The van der Waals surface area contributed by atoms with Gasteiger partial charge in [0, 0.05) is 25.4 Å². The fourth-order valence-electron chi connectivity index (χ4n) is 3.13. The van der Waals surface area contributed by atoms with Crippen LogP contribution in [0.5, 0.6) is 0 Å². The molecule has 0 radical (unpaired) electrons. The molecule has 1 saturated heterocycles. The maximum Gasteiger partial charge on any atom is 0.308 e. The summed E-state index contributed by atoms with van der Waals surface area (Å²) in [6.45, 7) is 1.85. The summed E-state index contributed by atoms with van der Waals surface area (Å²) >= 11 is 0. The molecule has 0 unspecified atom stereocenters. The Labute approximate surface area is 117 Å². The van der Waals surface area contributed by atoms with Crippen LogP contribution in [0, 0.1) is 11.8 Å². The number of aliphatic carboxylic acids is 1. The van der Waals surface area contributed by atoms with Crippen LogP contribution in [0.15, 0.2) is 0 Å². The zero-order chi connectivity index (χ0) is 15.1. The summed E-state index contributed by atoms with van der Waals surface area (Å²) in [5.41, 5.74) is 0. The highest BCUT2D eigenvalue weighted by Crippen LogP contribution is 2.43. The van der Waals surface area contributed by atoms with Gasteiger partial charge in [-0.1, -0.05) is 0 Å². The Balaban J connectivity index is 2.03. The second kappa shape index (κ2) is 5.22. The van der Waals surface area contributed by atoms with Crippen molar-refractivity contribution in [3.05, 3.63) is 0 Å². The van der Waals surface area contributed by atoms with Crippen molar-refractivity contribution in [1.82, 2.24) is 4.31 Å². The lowest BCUT2D eigenvalue weighted by atomic mass is 9.83. The van der Waals surface area contributed by atoms with Crippen molar-refractivity contribution in [2.24, 2.45) is 11.8 Å². The van der Waals surface area contributed by atoms with E-state index in [0.717, 1.165) is 0 Å². The number of carboxylic acids is 1. The molecule has 20 heavy (non-hydrogen) atoms. The molecule has 2 atom stereocenters. The summed E-state index contributed by atoms with van der Waals surface area (Å²) in [6.07, 6.45) is 0.152. The van der Waals surface area contributed by atoms with E-state index in [2.05, 4.69) is 0 Å². The number of carboxylic acid groups (broad SMARTS) is 1. The lowest BCUT2D eigenvalue weighted by molar-refractivity contribution is -0.144. The van der Waals surface area contributed by atoms with Crippen molar-refractivity contribution in [2.45, 2.75) is 44.6 Å². The third kappa shape index (κ3) is 3.11. The van der Waals surface area contributed by atoms with Gasteiger partial charge in [-0.2, -0.15) is 4.31 Å². The molecule has 0 bridgehead atoms. The van der Waals surface area contributed by atoms with E-state index in [-0.39, 0.29) is 12.3 Å². The van der Waals surface area contributed by atoms with E-state index in [4.69, 9.17) is 5.11 Å². The molecule has 1 aliphatic carbocycles. The zero-order valence-electron chi connectivity index (χ0n) is 11.3. The molecule has 1 saturated carbocycles. The van der Waals surface area contributed by atoms with Crippen molar-refractivity contribution in [2.75, 3.05) is 12.3 Å². The van der Waals surface area contributed by atoms with Gasteiger partial charge in [-0.15, -0.1) is 0 Å². The van der Waals surface area contributed by atoms with Crippen LogP contribution in [-0.4, -0.2) is 48.1 Å². The summed E-state index contributed by atoms with van der Waals surface area (Å²) in [7, 11) is -3.67. The molecular weight excluding hydrogens is 292 g/mol. The standard InChI is InChI=1S/C12H19F2NO4S/c1-8-10(11(16)17)3-2-4-15(8)20(18,19)7-9-5-12(13,14)6-9/h8-10H,2-7H2,1H3,(H,16,17)/t8-,10-/m1/s1. The number of halogens is 2. The van der Waals surface area contributed by atoms with Gasteiger partial charge in [0.1, 0.15) is 0 Å². The monoisotopic (exact) mass is 311 g/mol. The molecule has 1 heterocycles. The fourth-order valence-corrected chi connectivity index (χ4v) is 5.21. The predicted octanol–water partition coefficient (Wildman–Crippen LogP) is 1.55. The first-order valence-electron chi connectivity index (χ1n) is 6.72. The predicted molar refractivity (Wildman–Crippen MR) is 68.0 cm³/mol. The molecule has 8 heteroatoms. The second-order valence-electron chi connectivity index (χ2n) is 5.85. The number of rotatable bonds is 4. The van der Waals surface area contributed by atoms with Crippen LogP contribution in [0.3, 0.4) is 0 Å².